The number of aryl methyl sites for hydroxylation is 1. The van der Waals surface area contributed by atoms with Gasteiger partial charge in [-0.3, -0.25) is 4.79 Å². The van der Waals surface area contributed by atoms with E-state index in [1.807, 2.05) is 32.0 Å². The van der Waals surface area contributed by atoms with E-state index in [0.29, 0.717) is 12.2 Å². The van der Waals surface area contributed by atoms with Gasteiger partial charge >= 0.3 is 0 Å². The molecule has 1 aromatic rings. The Labute approximate surface area is 121 Å². The maximum absolute atomic E-state index is 12.4. The zero-order valence-corrected chi connectivity index (χ0v) is 13.0. The topological polar surface area (TPSA) is 50.4 Å². The minimum atomic E-state index is -0.0450. The summed E-state index contributed by atoms with van der Waals surface area (Å²) in [6.45, 7) is 7.48. The van der Waals surface area contributed by atoms with Crippen molar-refractivity contribution in [1.29, 1.82) is 0 Å². The molecule has 0 spiro atoms. The normalized spacial score (nSPS) is 12.0. The summed E-state index contributed by atoms with van der Waals surface area (Å²) < 4.78 is 5.16. The Hall–Kier alpha value is -1.55. The second-order valence-corrected chi connectivity index (χ2v) is 4.99. The van der Waals surface area contributed by atoms with Crippen LogP contribution in [0.2, 0.25) is 0 Å². The predicted octanol–water partition coefficient (Wildman–Crippen LogP) is 2.97. The summed E-state index contributed by atoms with van der Waals surface area (Å²) in [7, 11) is 1.66. The summed E-state index contributed by atoms with van der Waals surface area (Å²) in [5, 5.41) is 6.29. The van der Waals surface area contributed by atoms with Crippen LogP contribution < -0.4 is 10.6 Å². The number of amides is 1. The first kappa shape index (κ1) is 16.5. The summed E-state index contributed by atoms with van der Waals surface area (Å²) >= 11 is 0. The van der Waals surface area contributed by atoms with Gasteiger partial charge in [-0.15, -0.1) is 0 Å². The Morgan fingerprint density at radius 1 is 1.35 bits per heavy atom. The zero-order chi connectivity index (χ0) is 15.0. The number of nitrogens with one attached hydrogen (secondary N) is 2. The summed E-state index contributed by atoms with van der Waals surface area (Å²) in [6.07, 6.45) is 1.93. The number of benzene rings is 1. The maximum atomic E-state index is 12.4. The standard InChI is InChI=1S/C16H26N2O2/c1-5-7-13(11-20-4)18-16(19)14-9-8-12(3)10-15(14)17-6-2/h8-10,13,17H,5-7,11H2,1-4H3,(H,18,19). The van der Waals surface area contributed by atoms with Crippen molar-refractivity contribution < 1.29 is 9.53 Å². The van der Waals surface area contributed by atoms with Crippen molar-refractivity contribution in [3.63, 3.8) is 0 Å². The van der Waals surface area contributed by atoms with Gasteiger partial charge in [-0.25, -0.2) is 0 Å². The monoisotopic (exact) mass is 278 g/mol. The first-order valence-electron chi connectivity index (χ1n) is 7.26. The van der Waals surface area contributed by atoms with Crippen LogP contribution >= 0.6 is 0 Å². The molecule has 0 fully saturated rings. The lowest BCUT2D eigenvalue weighted by Gasteiger charge is -2.19. The van der Waals surface area contributed by atoms with E-state index in [1.54, 1.807) is 7.11 Å². The highest BCUT2D eigenvalue weighted by Crippen LogP contribution is 2.18. The third kappa shape index (κ3) is 4.85. The Bertz CT molecular complexity index is 426. The quantitative estimate of drug-likeness (QED) is 0.768. The van der Waals surface area contributed by atoms with E-state index < -0.39 is 0 Å². The molecule has 4 nitrogen and oxygen atoms in total. The average molecular weight is 278 g/mol. The van der Waals surface area contributed by atoms with Crippen LogP contribution in [0.15, 0.2) is 18.2 Å². The molecule has 0 bridgehead atoms. The van der Waals surface area contributed by atoms with Gasteiger partial charge in [0.1, 0.15) is 0 Å². The van der Waals surface area contributed by atoms with Crippen LogP contribution in [-0.2, 0) is 4.74 Å². The Kier molecular flexibility index (Phi) is 7.09. The van der Waals surface area contributed by atoms with Gasteiger partial charge in [0.25, 0.3) is 5.91 Å². The number of carbonyl (C=O) groups excluding carboxylic acids is 1. The molecule has 1 atom stereocenters. The number of rotatable bonds is 8. The van der Waals surface area contributed by atoms with Gasteiger partial charge in [0.05, 0.1) is 18.2 Å². The van der Waals surface area contributed by atoms with Crippen LogP contribution in [0.25, 0.3) is 0 Å². The first-order valence-corrected chi connectivity index (χ1v) is 7.26. The molecule has 0 aliphatic rings. The fraction of sp³-hybridized carbons (Fsp3) is 0.562. The third-order valence-electron chi connectivity index (χ3n) is 3.13. The highest BCUT2D eigenvalue weighted by molar-refractivity contribution is 5.99. The smallest absolute Gasteiger partial charge is 0.253 e. The Morgan fingerprint density at radius 3 is 2.70 bits per heavy atom. The van der Waals surface area contributed by atoms with Crippen molar-refractivity contribution in [3.8, 4) is 0 Å². The summed E-state index contributed by atoms with van der Waals surface area (Å²) in [5.41, 5.74) is 2.71. The van der Waals surface area contributed by atoms with Crippen LogP contribution in [0.4, 0.5) is 5.69 Å². The first-order chi connectivity index (χ1) is 9.62. The lowest BCUT2D eigenvalue weighted by atomic mass is 10.1. The van der Waals surface area contributed by atoms with Crippen LogP contribution in [0.3, 0.4) is 0 Å². The molecule has 0 saturated heterocycles. The number of anilines is 1. The molecule has 2 N–H and O–H groups in total. The molecular formula is C16H26N2O2. The summed E-state index contributed by atoms with van der Waals surface area (Å²) in [4.78, 5) is 12.4. The third-order valence-corrected chi connectivity index (χ3v) is 3.13. The van der Waals surface area contributed by atoms with Crippen LogP contribution in [0.1, 0.15) is 42.6 Å². The molecule has 1 amide bonds. The molecule has 0 heterocycles. The van der Waals surface area contributed by atoms with Gasteiger partial charge in [0.15, 0.2) is 0 Å². The fourth-order valence-electron chi connectivity index (χ4n) is 2.20. The largest absolute Gasteiger partial charge is 0.385 e. The average Bonchev–Trinajstić information content (AvgIpc) is 2.39. The minimum absolute atomic E-state index is 0.0450. The Morgan fingerprint density at radius 2 is 2.10 bits per heavy atom. The van der Waals surface area contributed by atoms with E-state index in [0.717, 1.165) is 30.6 Å². The van der Waals surface area contributed by atoms with Crippen molar-refractivity contribution in [2.75, 3.05) is 25.6 Å². The molecule has 0 radical (unpaired) electrons. The lowest BCUT2D eigenvalue weighted by molar-refractivity contribution is 0.0892. The van der Waals surface area contributed by atoms with Crippen molar-refractivity contribution in [3.05, 3.63) is 29.3 Å². The van der Waals surface area contributed by atoms with E-state index in [9.17, 15) is 4.79 Å². The van der Waals surface area contributed by atoms with Gasteiger partial charge < -0.3 is 15.4 Å². The van der Waals surface area contributed by atoms with Crippen LogP contribution in [0.5, 0.6) is 0 Å². The minimum Gasteiger partial charge on any atom is -0.385 e. The van der Waals surface area contributed by atoms with Crippen LogP contribution in [-0.4, -0.2) is 32.2 Å². The second kappa shape index (κ2) is 8.59. The van der Waals surface area contributed by atoms with Gasteiger partial charge in [-0.1, -0.05) is 19.4 Å². The highest BCUT2D eigenvalue weighted by Gasteiger charge is 2.15. The Balaban J connectivity index is 2.84. The zero-order valence-electron chi connectivity index (χ0n) is 13.0. The van der Waals surface area contributed by atoms with Crippen molar-refractivity contribution in [1.82, 2.24) is 5.32 Å². The number of ether oxygens (including phenoxy) is 1. The molecule has 0 aromatic heterocycles. The van der Waals surface area contributed by atoms with Crippen molar-refractivity contribution >= 4 is 11.6 Å². The number of carbonyl (C=O) groups is 1. The predicted molar refractivity (Wildman–Crippen MR) is 83.4 cm³/mol. The van der Waals surface area contributed by atoms with Crippen molar-refractivity contribution in [2.24, 2.45) is 0 Å². The van der Waals surface area contributed by atoms with E-state index in [2.05, 4.69) is 17.6 Å². The van der Waals surface area contributed by atoms with Gasteiger partial charge in [-0.05, 0) is 38.0 Å². The van der Waals surface area contributed by atoms with E-state index >= 15 is 0 Å². The molecule has 0 saturated carbocycles. The molecular weight excluding hydrogens is 252 g/mol. The molecule has 1 rings (SSSR count). The maximum Gasteiger partial charge on any atom is 0.253 e. The van der Waals surface area contributed by atoms with E-state index in [4.69, 9.17) is 4.74 Å². The fourth-order valence-corrected chi connectivity index (χ4v) is 2.20. The van der Waals surface area contributed by atoms with E-state index in [1.165, 1.54) is 0 Å². The van der Waals surface area contributed by atoms with Crippen molar-refractivity contribution in [2.45, 2.75) is 39.7 Å². The molecule has 1 aromatic carbocycles. The second-order valence-electron chi connectivity index (χ2n) is 4.99. The summed E-state index contributed by atoms with van der Waals surface area (Å²) in [5.74, 6) is -0.0450. The van der Waals surface area contributed by atoms with Gasteiger partial charge in [0.2, 0.25) is 0 Å². The van der Waals surface area contributed by atoms with Gasteiger partial charge in [-0.2, -0.15) is 0 Å². The lowest BCUT2D eigenvalue weighted by Crippen LogP contribution is -2.38. The number of methoxy groups -OCH3 is 1. The molecule has 4 heteroatoms. The van der Waals surface area contributed by atoms with E-state index in [-0.39, 0.29) is 11.9 Å². The van der Waals surface area contributed by atoms with Crippen LogP contribution in [0, 0.1) is 6.92 Å². The number of hydrogen-bond donors (Lipinski definition) is 2. The highest BCUT2D eigenvalue weighted by atomic mass is 16.5. The van der Waals surface area contributed by atoms with Gasteiger partial charge in [0, 0.05) is 19.3 Å². The molecule has 1 unspecified atom stereocenters. The molecule has 0 aliphatic heterocycles. The molecule has 112 valence electrons. The SMILES string of the molecule is CCCC(COC)NC(=O)c1ccc(C)cc1NCC. The summed E-state index contributed by atoms with van der Waals surface area (Å²) in [6, 6.07) is 5.90. The number of hydrogen-bond acceptors (Lipinski definition) is 3. The molecule has 20 heavy (non-hydrogen) atoms. The molecule has 0 aliphatic carbocycles.